The topological polar surface area (TPSA) is 105 Å². The predicted molar refractivity (Wildman–Crippen MR) is 77.2 cm³/mol. The van der Waals surface area contributed by atoms with Gasteiger partial charge in [0.05, 0.1) is 12.5 Å². The highest BCUT2D eigenvalue weighted by Gasteiger charge is 2.30. The Bertz CT molecular complexity index is 659. The summed E-state index contributed by atoms with van der Waals surface area (Å²) in [5, 5.41) is 11.5. The largest absolute Gasteiger partial charge is 0.481 e. The third-order valence-corrected chi connectivity index (χ3v) is 3.93. The molecule has 23 heavy (non-hydrogen) atoms. The Morgan fingerprint density at radius 2 is 2.04 bits per heavy atom. The number of ether oxygens (including phenoxy) is 2. The van der Waals surface area contributed by atoms with Gasteiger partial charge in [-0.25, -0.2) is 0 Å². The van der Waals surface area contributed by atoms with Crippen LogP contribution in [0.25, 0.3) is 0 Å². The van der Waals surface area contributed by atoms with E-state index in [-0.39, 0.29) is 25.8 Å². The van der Waals surface area contributed by atoms with Gasteiger partial charge in [-0.15, -0.1) is 0 Å². The molecule has 8 heteroatoms. The van der Waals surface area contributed by atoms with E-state index < -0.39 is 17.8 Å². The summed E-state index contributed by atoms with van der Waals surface area (Å²) in [6, 6.07) is 4.78. The molecule has 122 valence electrons. The summed E-state index contributed by atoms with van der Waals surface area (Å²) in [4.78, 5) is 36.4. The van der Waals surface area contributed by atoms with E-state index in [1.807, 2.05) is 0 Å². The lowest BCUT2D eigenvalue weighted by molar-refractivity contribution is -0.141. The molecule has 1 atom stereocenters. The maximum absolute atomic E-state index is 12.1. The number of carboxylic acid groups (broad SMARTS) is 1. The van der Waals surface area contributed by atoms with Gasteiger partial charge in [0.15, 0.2) is 11.5 Å². The van der Waals surface area contributed by atoms with Crippen LogP contribution in [0.2, 0.25) is 0 Å². The first kappa shape index (κ1) is 15.1. The normalized spacial score (nSPS) is 18.8. The Balaban J connectivity index is 1.53. The predicted octanol–water partition coefficient (Wildman–Crippen LogP) is 0.0782. The maximum Gasteiger partial charge on any atom is 0.308 e. The van der Waals surface area contributed by atoms with Crippen molar-refractivity contribution in [1.29, 1.82) is 0 Å². The number of likely N-dealkylation sites (tertiary alicyclic amines) is 1. The smallest absolute Gasteiger partial charge is 0.308 e. The highest BCUT2D eigenvalue weighted by atomic mass is 16.7. The van der Waals surface area contributed by atoms with Crippen molar-refractivity contribution < 1.29 is 29.0 Å². The van der Waals surface area contributed by atoms with E-state index in [0.717, 1.165) is 0 Å². The Kier molecular flexibility index (Phi) is 4.05. The van der Waals surface area contributed by atoms with Gasteiger partial charge in [0.2, 0.25) is 12.7 Å². The number of fused-ring (bicyclic) bond motifs is 1. The molecule has 1 aromatic rings. The van der Waals surface area contributed by atoms with Crippen LogP contribution in [0.1, 0.15) is 16.8 Å². The number of nitrogens with zero attached hydrogens (tertiary/aromatic N) is 1. The highest BCUT2D eigenvalue weighted by molar-refractivity contribution is 5.97. The molecule has 8 nitrogen and oxygen atoms in total. The van der Waals surface area contributed by atoms with E-state index in [1.54, 1.807) is 18.2 Å². The minimum Gasteiger partial charge on any atom is -0.481 e. The SMILES string of the molecule is O=C(NCC(=O)N1CCC(C(=O)O)C1)c1ccc2c(c1)OCO2. The number of carbonyl (C=O) groups excluding carboxylic acids is 2. The number of rotatable bonds is 4. The van der Waals surface area contributed by atoms with Crippen molar-refractivity contribution >= 4 is 17.8 Å². The summed E-state index contributed by atoms with van der Waals surface area (Å²) in [5.41, 5.74) is 0.367. The van der Waals surface area contributed by atoms with Gasteiger partial charge in [0, 0.05) is 18.7 Å². The molecule has 0 radical (unpaired) electrons. The van der Waals surface area contributed by atoms with E-state index in [2.05, 4.69) is 5.32 Å². The highest BCUT2D eigenvalue weighted by Crippen LogP contribution is 2.32. The Morgan fingerprint density at radius 1 is 1.26 bits per heavy atom. The molecule has 2 amide bonds. The number of hydrogen-bond donors (Lipinski definition) is 2. The first-order valence-corrected chi connectivity index (χ1v) is 7.23. The van der Waals surface area contributed by atoms with Gasteiger partial charge in [-0.3, -0.25) is 14.4 Å². The van der Waals surface area contributed by atoms with Gasteiger partial charge >= 0.3 is 5.97 Å². The zero-order chi connectivity index (χ0) is 16.4. The van der Waals surface area contributed by atoms with Gasteiger partial charge in [0.25, 0.3) is 5.91 Å². The summed E-state index contributed by atoms with van der Waals surface area (Å²) < 4.78 is 10.4. The first-order chi connectivity index (χ1) is 11.0. The summed E-state index contributed by atoms with van der Waals surface area (Å²) in [7, 11) is 0. The Hall–Kier alpha value is -2.77. The van der Waals surface area contributed by atoms with Crippen molar-refractivity contribution in [2.24, 2.45) is 5.92 Å². The lowest BCUT2D eigenvalue weighted by Gasteiger charge is -2.16. The number of carboxylic acids is 1. The lowest BCUT2D eigenvalue weighted by atomic mass is 10.1. The van der Waals surface area contributed by atoms with Crippen LogP contribution in [0.3, 0.4) is 0 Å². The fourth-order valence-corrected chi connectivity index (χ4v) is 2.60. The van der Waals surface area contributed by atoms with Crippen LogP contribution in [0.4, 0.5) is 0 Å². The van der Waals surface area contributed by atoms with E-state index in [1.165, 1.54) is 4.90 Å². The molecule has 1 saturated heterocycles. The molecular weight excluding hydrogens is 304 g/mol. The van der Waals surface area contributed by atoms with Crippen LogP contribution < -0.4 is 14.8 Å². The Labute approximate surface area is 132 Å². The first-order valence-electron chi connectivity index (χ1n) is 7.23. The van der Waals surface area contributed by atoms with Crippen LogP contribution in [-0.2, 0) is 9.59 Å². The van der Waals surface area contributed by atoms with E-state index in [9.17, 15) is 14.4 Å². The fourth-order valence-electron chi connectivity index (χ4n) is 2.60. The van der Waals surface area contributed by atoms with Crippen LogP contribution in [0.15, 0.2) is 18.2 Å². The second-order valence-corrected chi connectivity index (χ2v) is 5.41. The molecular formula is C15H16N2O6. The van der Waals surface area contributed by atoms with E-state index >= 15 is 0 Å². The average Bonchev–Trinajstić information content (AvgIpc) is 3.20. The van der Waals surface area contributed by atoms with Crippen molar-refractivity contribution in [3.05, 3.63) is 23.8 Å². The van der Waals surface area contributed by atoms with Crippen molar-refractivity contribution in [3.8, 4) is 11.5 Å². The standard InChI is InChI=1S/C15H16N2O6/c18-13(17-4-3-10(7-17)15(20)21)6-16-14(19)9-1-2-11-12(5-9)23-8-22-11/h1-2,5,10H,3-4,6-8H2,(H,16,19)(H,20,21). The number of amides is 2. The number of nitrogens with one attached hydrogen (secondary N) is 1. The minimum atomic E-state index is -0.898. The number of benzene rings is 1. The van der Waals surface area contributed by atoms with Gasteiger partial charge in [-0.1, -0.05) is 0 Å². The molecule has 0 aliphatic carbocycles. The monoisotopic (exact) mass is 320 g/mol. The number of hydrogen-bond acceptors (Lipinski definition) is 5. The number of carbonyl (C=O) groups is 3. The van der Waals surface area contributed by atoms with Gasteiger partial charge in [-0.05, 0) is 24.6 Å². The molecule has 2 aliphatic rings. The molecule has 0 bridgehead atoms. The molecule has 0 aromatic heterocycles. The summed E-state index contributed by atoms with van der Waals surface area (Å²) in [5.74, 6) is -1.04. The van der Waals surface area contributed by atoms with Crippen molar-refractivity contribution in [3.63, 3.8) is 0 Å². The van der Waals surface area contributed by atoms with Crippen molar-refractivity contribution in [1.82, 2.24) is 10.2 Å². The van der Waals surface area contributed by atoms with Crippen molar-refractivity contribution in [2.75, 3.05) is 26.4 Å². The van der Waals surface area contributed by atoms with Crippen LogP contribution in [0, 0.1) is 5.92 Å². The summed E-state index contributed by atoms with van der Waals surface area (Å²) >= 11 is 0. The minimum absolute atomic E-state index is 0.124. The molecule has 0 saturated carbocycles. The maximum atomic E-state index is 12.1. The second kappa shape index (κ2) is 6.15. The van der Waals surface area contributed by atoms with Gasteiger partial charge in [0.1, 0.15) is 0 Å². The average molecular weight is 320 g/mol. The van der Waals surface area contributed by atoms with E-state index in [4.69, 9.17) is 14.6 Å². The quantitative estimate of drug-likeness (QED) is 0.814. The fraction of sp³-hybridized carbons (Fsp3) is 0.400. The second-order valence-electron chi connectivity index (χ2n) is 5.41. The molecule has 1 fully saturated rings. The molecule has 3 rings (SSSR count). The third-order valence-electron chi connectivity index (χ3n) is 3.93. The van der Waals surface area contributed by atoms with Crippen LogP contribution in [0.5, 0.6) is 11.5 Å². The molecule has 0 spiro atoms. The van der Waals surface area contributed by atoms with Crippen LogP contribution >= 0.6 is 0 Å². The number of aliphatic carboxylic acids is 1. The zero-order valence-corrected chi connectivity index (χ0v) is 12.3. The Morgan fingerprint density at radius 3 is 2.78 bits per heavy atom. The summed E-state index contributed by atoms with van der Waals surface area (Å²) in [6.45, 7) is 0.544. The van der Waals surface area contributed by atoms with E-state index in [0.29, 0.717) is 30.0 Å². The zero-order valence-electron chi connectivity index (χ0n) is 12.3. The molecule has 1 unspecified atom stereocenters. The molecule has 1 aromatic carbocycles. The van der Waals surface area contributed by atoms with Gasteiger partial charge < -0.3 is 24.8 Å². The van der Waals surface area contributed by atoms with Crippen molar-refractivity contribution in [2.45, 2.75) is 6.42 Å². The van der Waals surface area contributed by atoms with Crippen LogP contribution in [-0.4, -0.2) is 54.2 Å². The third kappa shape index (κ3) is 3.20. The van der Waals surface area contributed by atoms with Gasteiger partial charge in [-0.2, -0.15) is 0 Å². The molecule has 2 aliphatic heterocycles. The lowest BCUT2D eigenvalue weighted by Crippen LogP contribution is -2.39. The summed E-state index contributed by atoms with van der Waals surface area (Å²) in [6.07, 6.45) is 0.442. The molecule has 2 N–H and O–H groups in total. The molecule has 2 heterocycles.